The number of hydrogen-bond acceptors (Lipinski definition) is 2. The predicted molar refractivity (Wildman–Crippen MR) is 93.8 cm³/mol. The molecule has 0 bridgehead atoms. The first-order valence-corrected chi connectivity index (χ1v) is 8.98. The lowest BCUT2D eigenvalue weighted by molar-refractivity contribution is 0.0610. The lowest BCUT2D eigenvalue weighted by Crippen LogP contribution is -2.49. The Hall–Kier alpha value is -1.49. The van der Waals surface area contributed by atoms with Gasteiger partial charge in [-0.1, -0.05) is 40.2 Å². The second kappa shape index (κ2) is 5.55. The molecule has 2 heteroatoms. The average Bonchev–Trinajstić information content (AvgIpc) is 2.52. The van der Waals surface area contributed by atoms with Crippen molar-refractivity contribution in [1.29, 1.82) is 5.26 Å². The van der Waals surface area contributed by atoms with Crippen LogP contribution in [0.2, 0.25) is 0 Å². The van der Waals surface area contributed by atoms with Crippen molar-refractivity contribution in [2.24, 2.45) is 11.3 Å². The van der Waals surface area contributed by atoms with Gasteiger partial charge in [-0.25, -0.2) is 0 Å². The van der Waals surface area contributed by atoms with Crippen LogP contribution in [-0.2, 0) is 11.8 Å². The van der Waals surface area contributed by atoms with E-state index in [0.717, 1.165) is 31.4 Å². The average molecular weight is 311 g/mol. The molecule has 2 atom stereocenters. The molecule has 2 nitrogen and oxygen atoms in total. The molecular weight excluding hydrogens is 282 g/mol. The maximum absolute atomic E-state index is 10.2. The van der Waals surface area contributed by atoms with E-state index >= 15 is 0 Å². The number of benzene rings is 1. The van der Waals surface area contributed by atoms with Crippen LogP contribution in [0.3, 0.4) is 0 Å². The quantitative estimate of drug-likeness (QED) is 0.737. The zero-order valence-electron chi connectivity index (χ0n) is 15.2. The standard InChI is InChI=1S/C21H29NO/c1-14(2)16-11-15-7-8-19-20(3,4)9-6-10-21(19,13-22)17(15)12-18(16)23-5/h11-12,14,19H,6-10H2,1-5H3/t19-,21-/m1/s1. The van der Waals surface area contributed by atoms with Crippen molar-refractivity contribution >= 4 is 0 Å². The van der Waals surface area contributed by atoms with Crippen LogP contribution in [0.5, 0.6) is 5.75 Å². The number of fused-ring (bicyclic) bond motifs is 3. The monoisotopic (exact) mass is 311 g/mol. The highest BCUT2D eigenvalue weighted by molar-refractivity contribution is 5.52. The maximum Gasteiger partial charge on any atom is 0.122 e. The molecule has 124 valence electrons. The van der Waals surface area contributed by atoms with Crippen LogP contribution in [0.4, 0.5) is 0 Å². The molecule has 2 aliphatic rings. The highest BCUT2D eigenvalue weighted by atomic mass is 16.5. The SMILES string of the molecule is COc1cc2c(cc1C(C)C)CC[C@@H]1C(C)(C)CCC[C@@]21C#N. The Kier molecular flexibility index (Phi) is 3.95. The van der Waals surface area contributed by atoms with E-state index < -0.39 is 0 Å². The lowest BCUT2D eigenvalue weighted by atomic mass is 9.50. The van der Waals surface area contributed by atoms with Crippen LogP contribution in [0.15, 0.2) is 12.1 Å². The molecule has 2 aliphatic carbocycles. The summed E-state index contributed by atoms with van der Waals surface area (Å²) in [6.07, 6.45) is 5.60. The summed E-state index contributed by atoms with van der Waals surface area (Å²) in [5.74, 6) is 1.85. The van der Waals surface area contributed by atoms with Crippen molar-refractivity contribution in [1.82, 2.24) is 0 Å². The van der Waals surface area contributed by atoms with Crippen LogP contribution in [0.25, 0.3) is 0 Å². The van der Waals surface area contributed by atoms with E-state index in [-0.39, 0.29) is 10.8 Å². The molecule has 1 fully saturated rings. The summed E-state index contributed by atoms with van der Waals surface area (Å²) in [5.41, 5.74) is 3.83. The predicted octanol–water partition coefficient (Wildman–Crippen LogP) is 5.35. The fourth-order valence-electron chi connectivity index (χ4n) is 5.19. The van der Waals surface area contributed by atoms with E-state index in [9.17, 15) is 5.26 Å². The summed E-state index contributed by atoms with van der Waals surface area (Å²) in [6.45, 7) is 9.13. The first-order chi connectivity index (χ1) is 10.9. The summed E-state index contributed by atoms with van der Waals surface area (Å²) >= 11 is 0. The molecule has 0 unspecified atom stereocenters. The van der Waals surface area contributed by atoms with Crippen LogP contribution < -0.4 is 4.74 Å². The van der Waals surface area contributed by atoms with Gasteiger partial charge in [-0.3, -0.25) is 0 Å². The normalized spacial score (nSPS) is 28.7. The van der Waals surface area contributed by atoms with E-state index in [1.165, 1.54) is 23.1 Å². The Labute approximate surface area is 140 Å². The Morgan fingerprint density at radius 1 is 1.26 bits per heavy atom. The van der Waals surface area contributed by atoms with Gasteiger partial charge in [0.25, 0.3) is 0 Å². The fourth-order valence-corrected chi connectivity index (χ4v) is 5.19. The molecule has 0 aliphatic heterocycles. The molecule has 0 saturated heterocycles. The Bertz CT molecular complexity index is 653. The van der Waals surface area contributed by atoms with Gasteiger partial charge in [0.15, 0.2) is 0 Å². The first-order valence-electron chi connectivity index (χ1n) is 8.98. The number of nitrogens with zero attached hydrogens (tertiary/aromatic N) is 1. The summed E-state index contributed by atoms with van der Waals surface area (Å²) < 4.78 is 5.68. The van der Waals surface area contributed by atoms with E-state index in [0.29, 0.717) is 11.8 Å². The van der Waals surface area contributed by atoms with Crippen molar-refractivity contribution < 1.29 is 4.74 Å². The summed E-state index contributed by atoms with van der Waals surface area (Å²) in [5, 5.41) is 10.2. The largest absolute Gasteiger partial charge is 0.496 e. The van der Waals surface area contributed by atoms with Gasteiger partial charge in [0.2, 0.25) is 0 Å². The summed E-state index contributed by atoms with van der Waals surface area (Å²) in [4.78, 5) is 0. The van der Waals surface area contributed by atoms with Crippen LogP contribution in [0, 0.1) is 22.7 Å². The molecule has 0 amide bonds. The third-order valence-electron chi connectivity index (χ3n) is 6.39. The lowest BCUT2D eigenvalue weighted by Gasteiger charge is -2.52. The molecule has 0 spiro atoms. The van der Waals surface area contributed by atoms with E-state index in [1.807, 2.05) is 0 Å². The minimum absolute atomic E-state index is 0.246. The molecule has 0 aromatic heterocycles. The highest BCUT2D eigenvalue weighted by Gasteiger charge is 2.53. The fraction of sp³-hybridized carbons (Fsp3) is 0.667. The first kappa shape index (κ1) is 16.4. The number of rotatable bonds is 2. The molecule has 1 saturated carbocycles. The Morgan fingerprint density at radius 3 is 2.61 bits per heavy atom. The van der Waals surface area contributed by atoms with Gasteiger partial charge in [-0.05, 0) is 65.7 Å². The zero-order valence-corrected chi connectivity index (χ0v) is 15.2. The minimum atomic E-state index is -0.321. The van der Waals surface area contributed by atoms with Crippen molar-refractivity contribution in [2.75, 3.05) is 7.11 Å². The van der Waals surface area contributed by atoms with E-state index in [2.05, 4.69) is 45.9 Å². The molecular formula is C21H29NO. The minimum Gasteiger partial charge on any atom is -0.496 e. The van der Waals surface area contributed by atoms with Crippen LogP contribution >= 0.6 is 0 Å². The molecule has 1 aromatic carbocycles. The van der Waals surface area contributed by atoms with Crippen molar-refractivity contribution in [3.63, 3.8) is 0 Å². The number of aryl methyl sites for hydroxylation is 1. The summed E-state index contributed by atoms with van der Waals surface area (Å²) in [6, 6.07) is 7.29. The van der Waals surface area contributed by atoms with Crippen LogP contribution in [0.1, 0.15) is 76.0 Å². The number of hydrogen-bond donors (Lipinski definition) is 0. The molecule has 23 heavy (non-hydrogen) atoms. The van der Waals surface area contributed by atoms with E-state index in [4.69, 9.17) is 4.74 Å². The van der Waals surface area contributed by atoms with Gasteiger partial charge in [0.05, 0.1) is 18.6 Å². The molecule has 0 N–H and O–H groups in total. The van der Waals surface area contributed by atoms with Gasteiger partial charge < -0.3 is 4.74 Å². The third kappa shape index (κ3) is 2.36. The zero-order chi connectivity index (χ0) is 16.8. The van der Waals surface area contributed by atoms with Gasteiger partial charge in [-0.2, -0.15) is 5.26 Å². The van der Waals surface area contributed by atoms with Gasteiger partial charge in [0.1, 0.15) is 5.75 Å². The van der Waals surface area contributed by atoms with Gasteiger partial charge in [0, 0.05) is 0 Å². The topological polar surface area (TPSA) is 33.0 Å². The summed E-state index contributed by atoms with van der Waals surface area (Å²) in [7, 11) is 1.75. The Morgan fingerprint density at radius 2 is 2.00 bits per heavy atom. The smallest absolute Gasteiger partial charge is 0.122 e. The highest BCUT2D eigenvalue weighted by Crippen LogP contribution is 2.57. The molecule has 0 heterocycles. The molecule has 1 aromatic rings. The second-order valence-corrected chi connectivity index (χ2v) is 8.42. The van der Waals surface area contributed by atoms with Gasteiger partial charge >= 0.3 is 0 Å². The second-order valence-electron chi connectivity index (χ2n) is 8.42. The van der Waals surface area contributed by atoms with Crippen LogP contribution in [-0.4, -0.2) is 7.11 Å². The van der Waals surface area contributed by atoms with Crippen molar-refractivity contribution in [2.45, 2.75) is 71.1 Å². The van der Waals surface area contributed by atoms with Gasteiger partial charge in [-0.15, -0.1) is 0 Å². The Balaban J connectivity index is 2.20. The maximum atomic E-state index is 10.2. The number of methoxy groups -OCH3 is 1. The third-order valence-corrected chi connectivity index (χ3v) is 6.39. The number of nitriles is 1. The van der Waals surface area contributed by atoms with Crippen molar-refractivity contribution in [3.05, 3.63) is 28.8 Å². The van der Waals surface area contributed by atoms with E-state index in [1.54, 1.807) is 7.11 Å². The van der Waals surface area contributed by atoms with Crippen molar-refractivity contribution in [3.8, 4) is 11.8 Å². The molecule has 0 radical (unpaired) electrons. The molecule has 3 rings (SSSR count). The number of ether oxygens (including phenoxy) is 1.